The number of nitrogens with one attached hydrogen (secondary N) is 1. The molecule has 2 aromatic rings. The number of pyridine rings is 1. The largest absolute Gasteiger partial charge is 0.477 e. The number of fused-ring (bicyclic) bond motifs is 5. The zero-order valence-corrected chi connectivity index (χ0v) is 50.1. The van der Waals surface area contributed by atoms with Crippen LogP contribution in [0, 0.1) is 23.7 Å². The number of nitrogens with zero attached hydrogens (tertiary/aromatic N) is 3. The van der Waals surface area contributed by atoms with Gasteiger partial charge in [-0.1, -0.05) is 13.8 Å². The molecule has 79 heavy (non-hydrogen) atoms. The van der Waals surface area contributed by atoms with E-state index in [1.807, 2.05) is 41.5 Å². The lowest BCUT2D eigenvalue weighted by Gasteiger charge is -2.50. The van der Waals surface area contributed by atoms with Crippen molar-refractivity contribution in [2.45, 2.75) is 195 Å². The van der Waals surface area contributed by atoms with Gasteiger partial charge in [0, 0.05) is 61.9 Å². The number of aromatic carboxylic acids is 1. The predicted molar refractivity (Wildman–Crippen MR) is 297 cm³/mol. The number of aliphatic hydroxyl groups excluding tert-OH is 1. The second kappa shape index (κ2) is 25.5. The Morgan fingerprint density at radius 1 is 0.937 bits per heavy atom. The van der Waals surface area contributed by atoms with Gasteiger partial charge in [-0.05, 0) is 142 Å². The summed E-state index contributed by atoms with van der Waals surface area (Å²) in [6.07, 6.45) is -5.34. The molecule has 5 aliphatic rings. The van der Waals surface area contributed by atoms with Gasteiger partial charge in [0.05, 0.1) is 73.0 Å². The maximum absolute atomic E-state index is 14.5. The number of benzene rings is 1. The number of ether oxygens (including phenoxy) is 9. The van der Waals surface area contributed by atoms with E-state index in [4.69, 9.17) is 42.6 Å². The third-order valence-electron chi connectivity index (χ3n) is 17.2. The molecule has 2 bridgehead atoms. The molecule has 7 rings (SSSR count). The van der Waals surface area contributed by atoms with Crippen molar-refractivity contribution in [1.29, 1.82) is 0 Å². The zero-order valence-electron chi connectivity index (χ0n) is 47.9. The van der Waals surface area contributed by atoms with E-state index in [0.717, 1.165) is 12.8 Å². The molecule has 1 saturated carbocycles. The number of carboxylic acids is 1. The van der Waals surface area contributed by atoms with Crippen LogP contribution in [-0.2, 0) is 57.0 Å². The van der Waals surface area contributed by atoms with Gasteiger partial charge in [0.2, 0.25) is 5.43 Å². The van der Waals surface area contributed by atoms with Crippen LogP contribution < -0.4 is 10.7 Å². The highest BCUT2D eigenvalue weighted by atomic mass is 127. The second-order valence-electron chi connectivity index (χ2n) is 23.7. The number of aliphatic hydroxyl groups is 3. The number of halogens is 1. The Labute approximate surface area is 476 Å². The van der Waals surface area contributed by atoms with Crippen LogP contribution in [0.3, 0.4) is 0 Å². The Balaban J connectivity index is 1.08. The summed E-state index contributed by atoms with van der Waals surface area (Å²) in [5, 5.41) is 49.8. The Hall–Kier alpha value is -3.60. The van der Waals surface area contributed by atoms with Gasteiger partial charge in [-0.2, -0.15) is 0 Å². The lowest BCUT2D eigenvalue weighted by Crippen LogP contribution is -2.62. The summed E-state index contributed by atoms with van der Waals surface area (Å²) < 4.78 is 57.8. The molecule has 19 atom stereocenters. The molecule has 4 aliphatic heterocycles. The van der Waals surface area contributed by atoms with Gasteiger partial charge in [-0.3, -0.25) is 19.2 Å². The summed E-state index contributed by atoms with van der Waals surface area (Å²) in [7, 11) is 7.01. The fourth-order valence-electron chi connectivity index (χ4n) is 11.9. The van der Waals surface area contributed by atoms with E-state index >= 15 is 0 Å². The molecule has 23 heteroatoms. The number of carboxylic acid groups (broad SMARTS) is 1. The van der Waals surface area contributed by atoms with Crippen LogP contribution in [0.4, 0.5) is 5.69 Å². The highest BCUT2D eigenvalue weighted by Gasteiger charge is 2.55. The number of hydrogen-bond acceptors (Lipinski definition) is 20. The van der Waals surface area contributed by atoms with Crippen molar-refractivity contribution >= 4 is 63.1 Å². The molecule has 1 aliphatic carbocycles. The number of cyclic esters (lactones) is 1. The minimum absolute atomic E-state index is 0.00590. The maximum Gasteiger partial charge on any atom is 0.341 e. The number of aromatic nitrogens is 1. The molecule has 0 spiro atoms. The van der Waals surface area contributed by atoms with Crippen molar-refractivity contribution in [2.75, 3.05) is 59.9 Å². The standard InChI is InChI=1S/C56H85IN4O18/c1-28-22-40(59(10)11)45-52(73-28)78-47-30(3)44(31(4)51(68)79-53(57)56(9,70)46(64)32(5)60(12)26-34(24-54(47,7)69)29(2)50(67)77-45)76-42-25-55(8,71-13)48(33(6)74-42)75-41(62)18-20-72-21-19-58-35-14-17-39-37(23-35)43(63)38(49(65)66)27-61(39)36-15-16-36/h14,17,23,27-34,36,40,42,44-48,52-53,58,64,69-70H,15-16,18-22,24-26H2,1-13H3,(H,65,66)/t28-,29?,30+,31-,32-,33+,34-,40+,42+,44+,45-,46-,47-,48+,52+,53+,54-,55-,56+/m1/s1. The van der Waals surface area contributed by atoms with Crippen LogP contribution in [0.5, 0.6) is 0 Å². The molecular formula is C56H85IN4O18. The first-order valence-electron chi connectivity index (χ1n) is 27.6. The number of methoxy groups -OCH3 is 1. The Morgan fingerprint density at radius 2 is 1.62 bits per heavy atom. The van der Waals surface area contributed by atoms with Crippen molar-refractivity contribution in [3.8, 4) is 0 Å². The normalized spacial score (nSPS) is 39.2. The van der Waals surface area contributed by atoms with Crippen LogP contribution in [0.15, 0.2) is 29.2 Å². The van der Waals surface area contributed by atoms with Gasteiger partial charge in [-0.25, -0.2) is 4.79 Å². The predicted octanol–water partition coefficient (Wildman–Crippen LogP) is 4.48. The van der Waals surface area contributed by atoms with Crippen molar-refractivity contribution in [3.63, 3.8) is 0 Å². The summed E-state index contributed by atoms with van der Waals surface area (Å²) in [6, 6.07) is 4.37. The first kappa shape index (κ1) is 63.0. The number of hydrogen-bond donors (Lipinski definition) is 5. The third kappa shape index (κ3) is 14.1. The summed E-state index contributed by atoms with van der Waals surface area (Å²) in [5.41, 5.74) is -4.44. The number of likely N-dealkylation sites (N-methyl/N-ethyl adjacent to an activating group) is 2. The van der Waals surface area contributed by atoms with E-state index in [-0.39, 0.29) is 62.8 Å². The van der Waals surface area contributed by atoms with E-state index < -0.39 is 129 Å². The van der Waals surface area contributed by atoms with Crippen molar-refractivity contribution < 1.29 is 82.2 Å². The summed E-state index contributed by atoms with van der Waals surface area (Å²) in [4.78, 5) is 71.0. The third-order valence-corrected chi connectivity index (χ3v) is 18.7. The number of anilines is 1. The Kier molecular flexibility index (Phi) is 20.3. The van der Waals surface area contributed by atoms with Crippen molar-refractivity contribution in [1.82, 2.24) is 14.4 Å². The van der Waals surface area contributed by atoms with Gasteiger partial charge < -0.3 is 82.7 Å². The SMILES string of the molecule is CO[C@]1(C)C[C@H](O[C@H]2[C@H](C)[C@H]3O[C@@H]4O[C@H](C)C[C@H](N(C)C)[C@H]4OC(=O)C(C)[C@@H](CN(C)[C@H](C)[C@@H](O)[C@](C)(O)[C@@H](I)OC(=O)[C@@H]2C)C[C@@]3(C)O)O[C@@H](C)[C@@H]1OC(=O)CCOCCNc1ccc2c(c1)c(=O)c(C(=O)O)cn2C1CC1. The minimum Gasteiger partial charge on any atom is -0.477 e. The highest BCUT2D eigenvalue weighted by molar-refractivity contribution is 14.1. The monoisotopic (exact) mass is 1230 g/mol. The molecule has 1 unspecified atom stereocenters. The van der Waals surface area contributed by atoms with Gasteiger partial charge in [0.15, 0.2) is 28.9 Å². The van der Waals surface area contributed by atoms with Crippen LogP contribution in [-0.4, -0.2) is 202 Å². The topological polar surface area (TPSA) is 273 Å². The Morgan fingerprint density at radius 3 is 2.27 bits per heavy atom. The zero-order chi connectivity index (χ0) is 58.2. The Bertz CT molecular complexity index is 2540. The molecule has 1 aromatic carbocycles. The van der Waals surface area contributed by atoms with Gasteiger partial charge in [0.25, 0.3) is 0 Å². The highest BCUT2D eigenvalue weighted by Crippen LogP contribution is 2.43. The molecule has 0 radical (unpaired) electrons. The van der Waals surface area contributed by atoms with E-state index in [9.17, 15) is 44.4 Å². The first-order valence-corrected chi connectivity index (χ1v) is 28.9. The van der Waals surface area contributed by atoms with Crippen LogP contribution >= 0.6 is 22.6 Å². The van der Waals surface area contributed by atoms with Gasteiger partial charge in [-0.15, -0.1) is 0 Å². The molecular weight excluding hydrogens is 1140 g/mol. The van der Waals surface area contributed by atoms with Crippen molar-refractivity contribution in [3.05, 3.63) is 40.2 Å². The average molecular weight is 1230 g/mol. The molecule has 1 aromatic heterocycles. The molecule has 5 fully saturated rings. The quantitative estimate of drug-likeness (QED) is 0.0573. The average Bonchev–Trinajstić information content (AvgIpc) is 4.32. The van der Waals surface area contributed by atoms with E-state index in [1.165, 1.54) is 20.2 Å². The molecule has 4 saturated heterocycles. The number of rotatable bonds is 14. The lowest BCUT2D eigenvalue weighted by molar-refractivity contribution is -0.321. The van der Waals surface area contributed by atoms with Gasteiger partial charge in [0.1, 0.15) is 22.9 Å². The molecule has 0 amide bonds. The lowest BCUT2D eigenvalue weighted by atomic mass is 9.74. The van der Waals surface area contributed by atoms with E-state index in [0.29, 0.717) is 29.6 Å². The van der Waals surface area contributed by atoms with Crippen LogP contribution in [0.25, 0.3) is 10.9 Å². The summed E-state index contributed by atoms with van der Waals surface area (Å²) in [5.74, 6) is -6.48. The maximum atomic E-state index is 14.5. The van der Waals surface area contributed by atoms with Crippen LogP contribution in [0.1, 0.15) is 117 Å². The van der Waals surface area contributed by atoms with E-state index in [1.54, 1.807) is 90.2 Å². The number of esters is 3. The molecule has 5 N–H and O–H groups in total. The molecule has 444 valence electrons. The molecule has 5 heterocycles. The smallest absolute Gasteiger partial charge is 0.341 e. The fourth-order valence-corrected chi connectivity index (χ4v) is 12.6. The number of carbonyl (C=O) groups is 4. The van der Waals surface area contributed by atoms with Crippen molar-refractivity contribution in [2.24, 2.45) is 23.7 Å². The minimum atomic E-state index is -1.96. The summed E-state index contributed by atoms with van der Waals surface area (Å²) in [6.45, 7) is 16.0. The number of carbonyl (C=O) groups excluding carboxylic acids is 3. The molecule has 22 nitrogen and oxygen atoms in total. The summed E-state index contributed by atoms with van der Waals surface area (Å²) >= 11 is 1.80. The first-order chi connectivity index (χ1) is 37.0. The number of alkyl halides is 1. The van der Waals surface area contributed by atoms with E-state index in [2.05, 4.69) is 5.32 Å². The second-order valence-corrected chi connectivity index (χ2v) is 24.9. The van der Waals surface area contributed by atoms with Gasteiger partial charge >= 0.3 is 23.9 Å². The van der Waals surface area contributed by atoms with Crippen LogP contribution in [0.2, 0.25) is 0 Å². The fraction of sp³-hybridized carbons (Fsp3) is 0.768.